The summed E-state index contributed by atoms with van der Waals surface area (Å²) in [6.07, 6.45) is 2.47. The first-order valence-corrected chi connectivity index (χ1v) is 7.26. The average Bonchev–Trinajstić information content (AvgIpc) is 2.53. The van der Waals surface area contributed by atoms with Gasteiger partial charge in [-0.2, -0.15) is 0 Å². The molecule has 0 saturated carbocycles. The van der Waals surface area contributed by atoms with Gasteiger partial charge >= 0.3 is 0 Å². The van der Waals surface area contributed by atoms with Crippen molar-refractivity contribution in [2.75, 3.05) is 45.2 Å². The van der Waals surface area contributed by atoms with E-state index in [0.717, 1.165) is 55.9 Å². The predicted octanol–water partition coefficient (Wildman–Crippen LogP) is 1.31. The van der Waals surface area contributed by atoms with Crippen molar-refractivity contribution in [2.45, 2.75) is 6.42 Å². The van der Waals surface area contributed by atoms with E-state index in [4.69, 9.17) is 15.2 Å². The normalized spacial score (nSPS) is 16.2. The third-order valence-electron chi connectivity index (χ3n) is 3.63. The Balaban J connectivity index is 1.52. The maximum atomic E-state index is 5.85. The minimum absolute atomic E-state index is 0.485. The molecule has 3 rings (SSSR count). The fourth-order valence-electron chi connectivity index (χ4n) is 2.45. The summed E-state index contributed by atoms with van der Waals surface area (Å²) in [5.74, 6) is 1.30. The van der Waals surface area contributed by atoms with E-state index in [9.17, 15) is 0 Å². The third kappa shape index (κ3) is 3.59. The second-order valence-electron chi connectivity index (χ2n) is 5.09. The van der Waals surface area contributed by atoms with Gasteiger partial charge in [-0.05, 0) is 24.6 Å². The van der Waals surface area contributed by atoms with Gasteiger partial charge in [0.25, 0.3) is 0 Å². The summed E-state index contributed by atoms with van der Waals surface area (Å²) >= 11 is 0. The van der Waals surface area contributed by atoms with Crippen LogP contribution in [0.4, 0.5) is 5.82 Å². The van der Waals surface area contributed by atoms with E-state index >= 15 is 0 Å². The largest absolute Gasteiger partial charge is 0.494 e. The fraction of sp³-hybridized carbons (Fsp3) is 0.467. The van der Waals surface area contributed by atoms with E-state index in [1.165, 1.54) is 6.33 Å². The van der Waals surface area contributed by atoms with Gasteiger partial charge in [-0.1, -0.05) is 0 Å². The number of ether oxygens (including phenoxy) is 2. The van der Waals surface area contributed by atoms with E-state index in [0.29, 0.717) is 12.4 Å². The molecule has 112 valence electrons. The van der Waals surface area contributed by atoms with Crippen molar-refractivity contribution in [3.05, 3.63) is 24.5 Å². The van der Waals surface area contributed by atoms with Crippen molar-refractivity contribution in [3.8, 4) is 5.75 Å². The van der Waals surface area contributed by atoms with Gasteiger partial charge in [0.05, 0.1) is 25.3 Å². The standard InChI is InChI=1S/C15H20N4O2/c16-15-13-10-12(2-3-14(13)17-11-18-15)21-7-1-4-19-5-8-20-9-6-19/h2-3,10-11H,1,4-9H2,(H2,16,17,18). The molecule has 1 aliphatic rings. The first-order valence-electron chi connectivity index (χ1n) is 7.26. The van der Waals surface area contributed by atoms with Gasteiger partial charge in [0.15, 0.2) is 0 Å². The minimum Gasteiger partial charge on any atom is -0.494 e. The lowest BCUT2D eigenvalue weighted by Crippen LogP contribution is -2.37. The summed E-state index contributed by atoms with van der Waals surface area (Å²) in [4.78, 5) is 10.6. The quantitative estimate of drug-likeness (QED) is 0.836. The Hall–Kier alpha value is -1.92. The highest BCUT2D eigenvalue weighted by Gasteiger charge is 2.09. The molecule has 6 heteroatoms. The zero-order chi connectivity index (χ0) is 14.5. The number of fused-ring (bicyclic) bond motifs is 1. The zero-order valence-electron chi connectivity index (χ0n) is 12.0. The van der Waals surface area contributed by atoms with E-state index in [1.807, 2.05) is 18.2 Å². The van der Waals surface area contributed by atoms with Gasteiger partial charge in [-0.25, -0.2) is 9.97 Å². The number of hydrogen-bond donors (Lipinski definition) is 1. The second kappa shape index (κ2) is 6.69. The number of anilines is 1. The van der Waals surface area contributed by atoms with Crippen LogP contribution in [0.15, 0.2) is 24.5 Å². The van der Waals surface area contributed by atoms with Crippen molar-refractivity contribution in [1.82, 2.24) is 14.9 Å². The molecule has 0 atom stereocenters. The van der Waals surface area contributed by atoms with E-state index in [2.05, 4.69) is 14.9 Å². The molecule has 21 heavy (non-hydrogen) atoms. The number of morpholine rings is 1. The second-order valence-corrected chi connectivity index (χ2v) is 5.09. The molecule has 0 amide bonds. The molecule has 0 spiro atoms. The lowest BCUT2D eigenvalue weighted by molar-refractivity contribution is 0.0358. The Morgan fingerprint density at radius 3 is 2.95 bits per heavy atom. The van der Waals surface area contributed by atoms with E-state index in [-0.39, 0.29) is 0 Å². The summed E-state index contributed by atoms with van der Waals surface area (Å²) in [5, 5.41) is 0.836. The van der Waals surface area contributed by atoms with Crippen molar-refractivity contribution < 1.29 is 9.47 Å². The molecule has 1 aliphatic heterocycles. The highest BCUT2D eigenvalue weighted by molar-refractivity contribution is 5.88. The third-order valence-corrected chi connectivity index (χ3v) is 3.63. The van der Waals surface area contributed by atoms with Crippen LogP contribution in [0.2, 0.25) is 0 Å². The summed E-state index contributed by atoms with van der Waals surface area (Å²) < 4.78 is 11.1. The SMILES string of the molecule is Nc1ncnc2ccc(OCCCN3CCOCC3)cc12. The summed E-state index contributed by atoms with van der Waals surface area (Å²) in [7, 11) is 0. The lowest BCUT2D eigenvalue weighted by atomic mass is 10.2. The number of aromatic nitrogens is 2. The first-order chi connectivity index (χ1) is 10.3. The van der Waals surface area contributed by atoms with Crippen LogP contribution in [0.5, 0.6) is 5.75 Å². The van der Waals surface area contributed by atoms with Crippen molar-refractivity contribution in [3.63, 3.8) is 0 Å². The number of nitrogens with zero attached hydrogens (tertiary/aromatic N) is 3. The van der Waals surface area contributed by atoms with Crippen molar-refractivity contribution >= 4 is 16.7 Å². The molecule has 1 aromatic carbocycles. The maximum Gasteiger partial charge on any atom is 0.134 e. The Kier molecular flexibility index (Phi) is 4.47. The van der Waals surface area contributed by atoms with Crippen LogP contribution < -0.4 is 10.5 Å². The highest BCUT2D eigenvalue weighted by atomic mass is 16.5. The smallest absolute Gasteiger partial charge is 0.134 e. The number of benzene rings is 1. The van der Waals surface area contributed by atoms with Crippen LogP contribution >= 0.6 is 0 Å². The molecule has 1 aromatic heterocycles. The molecule has 2 heterocycles. The molecular formula is C15H20N4O2. The molecule has 0 radical (unpaired) electrons. The lowest BCUT2D eigenvalue weighted by Gasteiger charge is -2.26. The molecule has 0 aliphatic carbocycles. The summed E-state index contributed by atoms with van der Waals surface area (Å²) in [6.45, 7) is 5.45. The van der Waals surface area contributed by atoms with Crippen LogP contribution in [0.25, 0.3) is 10.9 Å². The molecule has 0 bridgehead atoms. The monoisotopic (exact) mass is 288 g/mol. The Labute approximate surface area is 123 Å². The zero-order valence-corrected chi connectivity index (χ0v) is 12.0. The highest BCUT2D eigenvalue weighted by Crippen LogP contribution is 2.22. The summed E-state index contributed by atoms with van der Waals surface area (Å²) in [5.41, 5.74) is 6.69. The fourth-order valence-corrected chi connectivity index (χ4v) is 2.45. The van der Waals surface area contributed by atoms with Gasteiger partial charge in [0, 0.05) is 25.0 Å². The average molecular weight is 288 g/mol. The maximum absolute atomic E-state index is 5.85. The molecule has 2 aromatic rings. The van der Waals surface area contributed by atoms with Gasteiger partial charge < -0.3 is 15.2 Å². The number of rotatable bonds is 5. The Morgan fingerprint density at radius 1 is 1.24 bits per heavy atom. The topological polar surface area (TPSA) is 73.5 Å². The molecule has 0 unspecified atom stereocenters. The minimum atomic E-state index is 0.485. The van der Waals surface area contributed by atoms with Crippen LogP contribution in [-0.2, 0) is 4.74 Å². The number of nitrogen functional groups attached to an aromatic ring is 1. The summed E-state index contributed by atoms with van der Waals surface area (Å²) in [6, 6.07) is 5.73. The first kappa shape index (κ1) is 14.0. The van der Waals surface area contributed by atoms with E-state index in [1.54, 1.807) is 0 Å². The van der Waals surface area contributed by atoms with Crippen LogP contribution in [0, 0.1) is 0 Å². The number of hydrogen-bond acceptors (Lipinski definition) is 6. The van der Waals surface area contributed by atoms with Gasteiger partial charge in [-0.3, -0.25) is 4.90 Å². The van der Waals surface area contributed by atoms with E-state index < -0.39 is 0 Å². The molecule has 6 nitrogen and oxygen atoms in total. The van der Waals surface area contributed by atoms with Crippen LogP contribution in [-0.4, -0.2) is 54.3 Å². The Morgan fingerprint density at radius 2 is 2.10 bits per heavy atom. The van der Waals surface area contributed by atoms with Crippen LogP contribution in [0.3, 0.4) is 0 Å². The van der Waals surface area contributed by atoms with Crippen molar-refractivity contribution in [1.29, 1.82) is 0 Å². The Bertz CT molecular complexity index is 599. The molecule has 1 saturated heterocycles. The van der Waals surface area contributed by atoms with Gasteiger partial charge in [0.2, 0.25) is 0 Å². The molecule has 1 fully saturated rings. The predicted molar refractivity (Wildman–Crippen MR) is 81.3 cm³/mol. The molecule has 2 N–H and O–H groups in total. The molecular weight excluding hydrogens is 268 g/mol. The van der Waals surface area contributed by atoms with Crippen LogP contribution in [0.1, 0.15) is 6.42 Å². The van der Waals surface area contributed by atoms with Gasteiger partial charge in [0.1, 0.15) is 17.9 Å². The number of nitrogens with two attached hydrogens (primary N) is 1. The van der Waals surface area contributed by atoms with Gasteiger partial charge in [-0.15, -0.1) is 0 Å². The van der Waals surface area contributed by atoms with Crippen molar-refractivity contribution in [2.24, 2.45) is 0 Å².